The van der Waals surface area contributed by atoms with Crippen LogP contribution in [0.2, 0.25) is 5.02 Å². The number of halogens is 1. The largest absolute Gasteiger partial charge is 0.370 e. The average Bonchev–Trinajstić information content (AvgIpc) is 2.64. The highest BCUT2D eigenvalue weighted by Gasteiger charge is 2.38. The number of hydrogen-bond acceptors (Lipinski definition) is 4. The first-order valence-corrected chi connectivity index (χ1v) is 9.80. The van der Waals surface area contributed by atoms with Crippen LogP contribution in [0.3, 0.4) is 0 Å². The zero-order chi connectivity index (χ0) is 19.6. The van der Waals surface area contributed by atoms with Crippen LogP contribution in [-0.4, -0.2) is 77.9 Å². The standard InChI is InChI=1S/C20H28ClN3O3/c1-15(25)22-8-10-23(11-9-22)19(26)13-24-12-18(27-14-20(24,2)3)16-6-4-5-7-17(16)21/h4-7,18H,8-14H2,1-3H3. The molecule has 0 N–H and O–H groups in total. The van der Waals surface area contributed by atoms with Crippen molar-refractivity contribution in [3.05, 3.63) is 34.9 Å². The quantitative estimate of drug-likeness (QED) is 0.789. The number of hydrogen-bond donors (Lipinski definition) is 0. The van der Waals surface area contributed by atoms with Crippen LogP contribution in [0.1, 0.15) is 32.4 Å². The lowest BCUT2D eigenvalue weighted by atomic mass is 9.98. The van der Waals surface area contributed by atoms with Crippen molar-refractivity contribution in [1.29, 1.82) is 0 Å². The fraction of sp³-hybridized carbons (Fsp3) is 0.600. The molecule has 1 aromatic rings. The van der Waals surface area contributed by atoms with Gasteiger partial charge in [-0.1, -0.05) is 29.8 Å². The molecule has 1 unspecified atom stereocenters. The maximum atomic E-state index is 12.9. The van der Waals surface area contributed by atoms with Crippen molar-refractivity contribution in [2.24, 2.45) is 0 Å². The van der Waals surface area contributed by atoms with Gasteiger partial charge in [0.25, 0.3) is 0 Å². The Labute approximate surface area is 166 Å². The van der Waals surface area contributed by atoms with Gasteiger partial charge in [-0.3, -0.25) is 14.5 Å². The zero-order valence-corrected chi connectivity index (χ0v) is 17.0. The molecule has 2 fully saturated rings. The van der Waals surface area contributed by atoms with Crippen LogP contribution in [0.15, 0.2) is 24.3 Å². The molecule has 0 aliphatic carbocycles. The van der Waals surface area contributed by atoms with E-state index in [1.807, 2.05) is 29.2 Å². The third-order valence-corrected chi connectivity index (χ3v) is 5.88. The maximum Gasteiger partial charge on any atom is 0.236 e. The Morgan fingerprint density at radius 2 is 1.78 bits per heavy atom. The van der Waals surface area contributed by atoms with E-state index < -0.39 is 0 Å². The summed E-state index contributed by atoms with van der Waals surface area (Å²) in [6.07, 6.45) is -0.144. The van der Waals surface area contributed by atoms with Crippen molar-refractivity contribution in [2.45, 2.75) is 32.4 Å². The van der Waals surface area contributed by atoms with Gasteiger partial charge >= 0.3 is 0 Å². The van der Waals surface area contributed by atoms with Gasteiger partial charge in [0.05, 0.1) is 19.3 Å². The number of carbonyl (C=O) groups excluding carboxylic acids is 2. The van der Waals surface area contributed by atoms with Gasteiger partial charge in [-0.25, -0.2) is 0 Å². The summed E-state index contributed by atoms with van der Waals surface area (Å²) in [6, 6.07) is 7.70. The number of nitrogens with zero attached hydrogens (tertiary/aromatic N) is 3. The number of piperazine rings is 1. The molecule has 2 aliphatic rings. The summed E-state index contributed by atoms with van der Waals surface area (Å²) >= 11 is 6.34. The van der Waals surface area contributed by atoms with E-state index >= 15 is 0 Å². The zero-order valence-electron chi connectivity index (χ0n) is 16.3. The smallest absolute Gasteiger partial charge is 0.236 e. The highest BCUT2D eigenvalue weighted by atomic mass is 35.5. The summed E-state index contributed by atoms with van der Waals surface area (Å²) in [6.45, 7) is 9.66. The van der Waals surface area contributed by atoms with Crippen molar-refractivity contribution in [3.8, 4) is 0 Å². The van der Waals surface area contributed by atoms with Crippen molar-refractivity contribution >= 4 is 23.4 Å². The highest BCUT2D eigenvalue weighted by Crippen LogP contribution is 2.33. The molecule has 0 spiro atoms. The molecular weight excluding hydrogens is 366 g/mol. The van der Waals surface area contributed by atoms with Crippen LogP contribution < -0.4 is 0 Å². The van der Waals surface area contributed by atoms with E-state index in [0.29, 0.717) is 50.9 Å². The lowest BCUT2D eigenvalue weighted by Crippen LogP contribution is -2.58. The number of amides is 2. The van der Waals surface area contributed by atoms with Crippen LogP contribution in [-0.2, 0) is 14.3 Å². The third-order valence-electron chi connectivity index (χ3n) is 5.54. The Balaban J connectivity index is 1.64. The van der Waals surface area contributed by atoms with Gasteiger partial charge in [0, 0.05) is 55.8 Å². The van der Waals surface area contributed by atoms with Crippen molar-refractivity contribution in [2.75, 3.05) is 45.9 Å². The average molecular weight is 394 g/mol. The number of rotatable bonds is 3. The van der Waals surface area contributed by atoms with Gasteiger partial charge in [-0.05, 0) is 19.9 Å². The highest BCUT2D eigenvalue weighted by molar-refractivity contribution is 6.31. The topological polar surface area (TPSA) is 53.1 Å². The second kappa shape index (κ2) is 8.17. The van der Waals surface area contributed by atoms with Gasteiger partial charge < -0.3 is 14.5 Å². The van der Waals surface area contributed by atoms with Crippen molar-refractivity contribution in [1.82, 2.24) is 14.7 Å². The normalized spacial score (nSPS) is 23.3. The molecule has 27 heavy (non-hydrogen) atoms. The Bertz CT molecular complexity index is 701. The SMILES string of the molecule is CC(=O)N1CCN(C(=O)CN2CC(c3ccccc3Cl)OCC2(C)C)CC1. The summed E-state index contributed by atoms with van der Waals surface area (Å²) in [4.78, 5) is 30.1. The van der Waals surface area contributed by atoms with Crippen LogP contribution in [0.5, 0.6) is 0 Å². The molecular formula is C20H28ClN3O3. The van der Waals surface area contributed by atoms with E-state index in [1.54, 1.807) is 11.8 Å². The molecule has 2 amide bonds. The molecule has 1 atom stereocenters. The number of morpholine rings is 1. The molecule has 0 saturated carbocycles. The van der Waals surface area contributed by atoms with E-state index in [4.69, 9.17) is 16.3 Å². The van der Waals surface area contributed by atoms with Crippen LogP contribution in [0, 0.1) is 0 Å². The summed E-state index contributed by atoms with van der Waals surface area (Å²) < 4.78 is 6.06. The van der Waals surface area contributed by atoms with Gasteiger partial charge in [0.1, 0.15) is 0 Å². The van der Waals surface area contributed by atoms with Crippen molar-refractivity contribution < 1.29 is 14.3 Å². The molecule has 0 aromatic heterocycles. The van der Waals surface area contributed by atoms with Gasteiger partial charge in [-0.15, -0.1) is 0 Å². The maximum absolute atomic E-state index is 12.9. The second-order valence-corrected chi connectivity index (χ2v) is 8.31. The Hall–Kier alpha value is -1.63. The van der Waals surface area contributed by atoms with E-state index in [9.17, 15) is 9.59 Å². The summed E-state index contributed by atoms with van der Waals surface area (Å²) in [5.74, 6) is 0.171. The summed E-state index contributed by atoms with van der Waals surface area (Å²) in [7, 11) is 0. The number of ether oxygens (including phenoxy) is 1. The number of benzene rings is 1. The molecule has 1 aromatic carbocycles. The number of carbonyl (C=O) groups is 2. The molecule has 148 valence electrons. The summed E-state index contributed by atoms with van der Waals surface area (Å²) in [5, 5.41) is 0.689. The fourth-order valence-corrected chi connectivity index (χ4v) is 3.89. The summed E-state index contributed by atoms with van der Waals surface area (Å²) in [5.41, 5.74) is 0.733. The Kier molecular flexibility index (Phi) is 6.08. The van der Waals surface area contributed by atoms with Gasteiger partial charge in [0.15, 0.2) is 0 Å². The van der Waals surface area contributed by atoms with E-state index in [1.165, 1.54) is 0 Å². The predicted molar refractivity (Wildman–Crippen MR) is 105 cm³/mol. The van der Waals surface area contributed by atoms with Crippen LogP contribution in [0.25, 0.3) is 0 Å². The monoisotopic (exact) mass is 393 g/mol. The minimum atomic E-state index is -0.228. The van der Waals surface area contributed by atoms with E-state index in [-0.39, 0.29) is 23.5 Å². The molecule has 2 aliphatic heterocycles. The molecule has 2 saturated heterocycles. The Morgan fingerprint density at radius 3 is 2.41 bits per heavy atom. The minimum Gasteiger partial charge on any atom is -0.370 e. The minimum absolute atomic E-state index is 0.0685. The molecule has 0 radical (unpaired) electrons. The van der Waals surface area contributed by atoms with Crippen LogP contribution >= 0.6 is 11.6 Å². The van der Waals surface area contributed by atoms with Crippen molar-refractivity contribution in [3.63, 3.8) is 0 Å². The second-order valence-electron chi connectivity index (χ2n) is 7.90. The fourth-order valence-electron chi connectivity index (χ4n) is 3.63. The first-order valence-electron chi connectivity index (χ1n) is 9.42. The van der Waals surface area contributed by atoms with Gasteiger partial charge in [-0.2, -0.15) is 0 Å². The third kappa shape index (κ3) is 4.62. The van der Waals surface area contributed by atoms with Gasteiger partial charge in [0.2, 0.25) is 11.8 Å². The lowest BCUT2D eigenvalue weighted by Gasteiger charge is -2.46. The molecule has 6 nitrogen and oxygen atoms in total. The first-order chi connectivity index (χ1) is 12.8. The molecule has 0 bridgehead atoms. The molecule has 7 heteroatoms. The lowest BCUT2D eigenvalue weighted by molar-refractivity contribution is -0.146. The first kappa shape index (κ1) is 20.1. The Morgan fingerprint density at radius 1 is 1.15 bits per heavy atom. The van der Waals surface area contributed by atoms with E-state index in [0.717, 1.165) is 5.56 Å². The molecule has 3 rings (SSSR count). The predicted octanol–water partition coefficient (Wildman–Crippen LogP) is 2.18. The van der Waals surface area contributed by atoms with Crippen LogP contribution in [0.4, 0.5) is 0 Å². The van der Waals surface area contributed by atoms with E-state index in [2.05, 4.69) is 18.7 Å². The molecule has 2 heterocycles.